The third kappa shape index (κ3) is 1.52. The molecule has 16 heavy (non-hydrogen) atoms. The van der Waals surface area contributed by atoms with Gasteiger partial charge in [-0.3, -0.25) is 0 Å². The number of fused-ring (bicyclic) bond motifs is 1. The minimum Gasteiger partial charge on any atom is -0.493 e. The van der Waals surface area contributed by atoms with E-state index in [1.54, 1.807) is 0 Å². The highest BCUT2D eigenvalue weighted by atomic mass is 16.5. The van der Waals surface area contributed by atoms with E-state index in [2.05, 4.69) is 18.2 Å². The van der Waals surface area contributed by atoms with Gasteiger partial charge in [0.25, 0.3) is 0 Å². The topological polar surface area (TPSA) is 35.2 Å². The summed E-state index contributed by atoms with van der Waals surface area (Å²) in [6, 6.07) is 8.43. The molecule has 0 saturated heterocycles. The summed E-state index contributed by atoms with van der Waals surface area (Å²) >= 11 is 0. The first kappa shape index (κ1) is 10.2. The van der Waals surface area contributed by atoms with Gasteiger partial charge in [-0.15, -0.1) is 0 Å². The molecular formula is C14H19NO. The first-order chi connectivity index (χ1) is 7.83. The van der Waals surface area contributed by atoms with Crippen LogP contribution in [0.15, 0.2) is 24.3 Å². The van der Waals surface area contributed by atoms with Gasteiger partial charge in [-0.1, -0.05) is 24.6 Å². The maximum Gasteiger partial charge on any atom is 0.122 e. The van der Waals surface area contributed by atoms with Gasteiger partial charge < -0.3 is 10.5 Å². The summed E-state index contributed by atoms with van der Waals surface area (Å²) in [6.07, 6.45) is 5.18. The van der Waals surface area contributed by atoms with Gasteiger partial charge in [-0.2, -0.15) is 0 Å². The summed E-state index contributed by atoms with van der Waals surface area (Å²) in [7, 11) is 0. The second kappa shape index (κ2) is 3.77. The van der Waals surface area contributed by atoms with Crippen molar-refractivity contribution in [2.45, 2.75) is 31.6 Å². The van der Waals surface area contributed by atoms with E-state index in [4.69, 9.17) is 10.5 Å². The Morgan fingerprint density at radius 3 is 2.81 bits per heavy atom. The van der Waals surface area contributed by atoms with Gasteiger partial charge >= 0.3 is 0 Å². The fourth-order valence-corrected chi connectivity index (χ4v) is 3.09. The Labute approximate surface area is 96.8 Å². The van der Waals surface area contributed by atoms with Crippen molar-refractivity contribution < 1.29 is 4.74 Å². The van der Waals surface area contributed by atoms with Gasteiger partial charge in [0.05, 0.1) is 6.61 Å². The lowest BCUT2D eigenvalue weighted by atomic mass is 9.64. The van der Waals surface area contributed by atoms with E-state index in [9.17, 15) is 0 Å². The predicted octanol–water partition coefficient (Wildman–Crippen LogP) is 2.68. The van der Waals surface area contributed by atoms with Crippen molar-refractivity contribution in [1.29, 1.82) is 0 Å². The van der Waals surface area contributed by atoms with Crippen molar-refractivity contribution in [3.05, 3.63) is 29.8 Å². The van der Waals surface area contributed by atoms with Gasteiger partial charge in [0.2, 0.25) is 0 Å². The van der Waals surface area contributed by atoms with E-state index in [1.165, 1.54) is 31.2 Å². The van der Waals surface area contributed by atoms with Crippen LogP contribution in [-0.2, 0) is 0 Å². The van der Waals surface area contributed by atoms with Crippen LogP contribution in [0.5, 0.6) is 5.75 Å². The SMILES string of the molecule is NCC1(CC2COc3ccccc32)CCC1. The minimum absolute atomic E-state index is 0.422. The number of hydrogen-bond donors (Lipinski definition) is 1. The lowest BCUT2D eigenvalue weighted by molar-refractivity contribution is 0.113. The van der Waals surface area contributed by atoms with Crippen molar-refractivity contribution in [1.82, 2.24) is 0 Å². The number of nitrogens with two attached hydrogens (primary N) is 1. The largest absolute Gasteiger partial charge is 0.493 e. The van der Waals surface area contributed by atoms with Gasteiger partial charge in [0.1, 0.15) is 5.75 Å². The lowest BCUT2D eigenvalue weighted by Crippen LogP contribution is -2.38. The Balaban J connectivity index is 1.78. The minimum atomic E-state index is 0.422. The van der Waals surface area contributed by atoms with Crippen LogP contribution in [0.25, 0.3) is 0 Å². The van der Waals surface area contributed by atoms with Gasteiger partial charge in [0, 0.05) is 11.5 Å². The van der Waals surface area contributed by atoms with Crippen LogP contribution in [-0.4, -0.2) is 13.2 Å². The van der Waals surface area contributed by atoms with Crippen molar-refractivity contribution in [2.24, 2.45) is 11.1 Å². The highest BCUT2D eigenvalue weighted by molar-refractivity contribution is 5.39. The molecule has 2 nitrogen and oxygen atoms in total. The molecule has 1 aliphatic carbocycles. The molecule has 1 fully saturated rings. The van der Waals surface area contributed by atoms with E-state index in [0.717, 1.165) is 18.9 Å². The second-order valence-corrected chi connectivity index (χ2v) is 5.31. The fraction of sp³-hybridized carbons (Fsp3) is 0.571. The zero-order valence-electron chi connectivity index (χ0n) is 9.61. The molecule has 0 amide bonds. The average Bonchev–Trinajstić information content (AvgIpc) is 2.67. The van der Waals surface area contributed by atoms with E-state index in [-0.39, 0.29) is 0 Å². The molecule has 0 radical (unpaired) electrons. The van der Waals surface area contributed by atoms with Crippen molar-refractivity contribution in [3.63, 3.8) is 0 Å². The monoisotopic (exact) mass is 217 g/mol. The van der Waals surface area contributed by atoms with Gasteiger partial charge in [0.15, 0.2) is 0 Å². The van der Waals surface area contributed by atoms with Crippen LogP contribution < -0.4 is 10.5 Å². The molecule has 1 saturated carbocycles. The van der Waals surface area contributed by atoms with Crippen molar-refractivity contribution in [3.8, 4) is 5.75 Å². The normalized spacial score (nSPS) is 25.7. The van der Waals surface area contributed by atoms with Gasteiger partial charge in [-0.25, -0.2) is 0 Å². The quantitative estimate of drug-likeness (QED) is 0.844. The van der Waals surface area contributed by atoms with Crippen molar-refractivity contribution in [2.75, 3.05) is 13.2 Å². The first-order valence-electron chi connectivity index (χ1n) is 6.25. The van der Waals surface area contributed by atoms with Gasteiger partial charge in [-0.05, 0) is 37.3 Å². The number of rotatable bonds is 3. The standard InChI is InChI=1S/C14H19NO/c15-10-14(6-3-7-14)8-11-9-16-13-5-2-1-4-12(11)13/h1-2,4-5,11H,3,6-10,15H2. The van der Waals surface area contributed by atoms with Crippen molar-refractivity contribution >= 4 is 0 Å². The summed E-state index contributed by atoms with van der Waals surface area (Å²) in [5, 5.41) is 0. The van der Waals surface area contributed by atoms with Crippen LogP contribution >= 0.6 is 0 Å². The summed E-state index contributed by atoms with van der Waals surface area (Å²) in [5.74, 6) is 1.65. The van der Waals surface area contributed by atoms with E-state index < -0.39 is 0 Å². The molecule has 2 heteroatoms. The van der Waals surface area contributed by atoms with Crippen LogP contribution in [0.2, 0.25) is 0 Å². The Kier molecular flexibility index (Phi) is 2.40. The maximum atomic E-state index is 5.93. The molecule has 1 aromatic carbocycles. The second-order valence-electron chi connectivity index (χ2n) is 5.31. The zero-order valence-corrected chi connectivity index (χ0v) is 9.61. The molecule has 2 aliphatic rings. The molecule has 1 aromatic rings. The number of ether oxygens (including phenoxy) is 1. The Hall–Kier alpha value is -1.02. The molecule has 2 N–H and O–H groups in total. The number of hydrogen-bond acceptors (Lipinski definition) is 2. The molecule has 86 valence electrons. The molecular weight excluding hydrogens is 198 g/mol. The summed E-state index contributed by atoms with van der Waals surface area (Å²) < 4.78 is 5.73. The predicted molar refractivity (Wildman–Crippen MR) is 64.6 cm³/mol. The Morgan fingerprint density at radius 1 is 1.31 bits per heavy atom. The fourth-order valence-electron chi connectivity index (χ4n) is 3.09. The molecule has 1 aliphatic heterocycles. The third-order valence-corrected chi connectivity index (χ3v) is 4.33. The number of para-hydroxylation sites is 1. The molecule has 1 atom stereocenters. The highest BCUT2D eigenvalue weighted by Gasteiger charge is 2.39. The maximum absolute atomic E-state index is 5.93. The Bertz CT molecular complexity index is 379. The van der Waals surface area contributed by atoms with Crippen LogP contribution in [0.4, 0.5) is 0 Å². The van der Waals surface area contributed by atoms with Crippen LogP contribution in [0, 0.1) is 5.41 Å². The summed E-state index contributed by atoms with van der Waals surface area (Å²) in [6.45, 7) is 1.69. The zero-order chi connectivity index (χ0) is 11.0. The Morgan fingerprint density at radius 2 is 2.12 bits per heavy atom. The van der Waals surface area contributed by atoms with E-state index in [1.807, 2.05) is 6.07 Å². The molecule has 0 bridgehead atoms. The first-order valence-corrected chi connectivity index (χ1v) is 6.25. The molecule has 1 unspecified atom stereocenters. The molecule has 1 heterocycles. The third-order valence-electron chi connectivity index (χ3n) is 4.33. The molecule has 3 rings (SSSR count). The van der Waals surface area contributed by atoms with E-state index >= 15 is 0 Å². The summed E-state index contributed by atoms with van der Waals surface area (Å²) in [4.78, 5) is 0. The number of benzene rings is 1. The summed E-state index contributed by atoms with van der Waals surface area (Å²) in [5.41, 5.74) is 7.74. The van der Waals surface area contributed by atoms with Crippen LogP contribution in [0.3, 0.4) is 0 Å². The highest BCUT2D eigenvalue weighted by Crippen LogP contribution is 2.49. The van der Waals surface area contributed by atoms with E-state index in [0.29, 0.717) is 11.3 Å². The molecule has 0 spiro atoms. The van der Waals surface area contributed by atoms with Crippen LogP contribution in [0.1, 0.15) is 37.2 Å². The lowest BCUT2D eigenvalue weighted by Gasteiger charge is -2.42. The molecule has 0 aromatic heterocycles. The average molecular weight is 217 g/mol. The smallest absolute Gasteiger partial charge is 0.122 e.